The number of aliphatic hydroxyl groups is 8. The molecule has 15 atom stereocenters. The number of rotatable bonds is 10. The molecule has 16 nitrogen and oxygen atoms in total. The molecule has 228 valence electrons. The van der Waals surface area contributed by atoms with E-state index in [1.54, 1.807) is 0 Å². The molecule has 3 saturated heterocycles. The van der Waals surface area contributed by atoms with E-state index in [1.807, 2.05) is 6.92 Å². The van der Waals surface area contributed by atoms with Crippen molar-refractivity contribution in [2.24, 2.45) is 0 Å². The van der Waals surface area contributed by atoms with Gasteiger partial charge in [0.1, 0.15) is 61.0 Å². The Kier molecular flexibility index (Phi) is 11.8. The van der Waals surface area contributed by atoms with Crippen molar-refractivity contribution >= 4 is 5.97 Å². The third-order valence-electron chi connectivity index (χ3n) is 6.80. The van der Waals surface area contributed by atoms with Crippen LogP contribution in [-0.4, -0.2) is 159 Å². The topological polar surface area (TPSA) is 244 Å². The van der Waals surface area contributed by atoms with Crippen LogP contribution in [0.25, 0.3) is 0 Å². The minimum Gasteiger partial charge on any atom is -0.454 e. The lowest BCUT2D eigenvalue weighted by Crippen LogP contribution is -2.67. The lowest BCUT2D eigenvalue weighted by molar-refractivity contribution is -0.387. The lowest BCUT2D eigenvalue weighted by Gasteiger charge is -2.48. The van der Waals surface area contributed by atoms with Crippen molar-refractivity contribution in [3.63, 3.8) is 0 Å². The van der Waals surface area contributed by atoms with Crippen LogP contribution < -0.4 is 0 Å². The summed E-state index contributed by atoms with van der Waals surface area (Å²) in [5.74, 6) is -0.779. The minimum atomic E-state index is -1.82. The molecule has 0 bridgehead atoms. The predicted molar refractivity (Wildman–Crippen MR) is 123 cm³/mol. The Bertz CT molecular complexity index is 772. The minimum absolute atomic E-state index is 0.163. The van der Waals surface area contributed by atoms with Crippen LogP contribution in [0.4, 0.5) is 0 Å². The fourth-order valence-corrected chi connectivity index (χ4v) is 4.63. The van der Waals surface area contributed by atoms with Gasteiger partial charge in [-0.05, 0) is 13.3 Å². The number of hydrogen-bond acceptors (Lipinski definition) is 16. The zero-order valence-corrected chi connectivity index (χ0v) is 21.8. The summed E-state index contributed by atoms with van der Waals surface area (Å²) in [7, 11) is 0. The number of carbonyl (C=O) groups is 1. The van der Waals surface area contributed by atoms with Crippen LogP contribution in [-0.2, 0) is 38.0 Å². The summed E-state index contributed by atoms with van der Waals surface area (Å²) < 4.78 is 39.2. The third kappa shape index (κ3) is 7.22. The van der Waals surface area contributed by atoms with E-state index in [0.717, 1.165) is 6.92 Å². The molecule has 0 aliphatic carbocycles. The molecule has 3 heterocycles. The van der Waals surface area contributed by atoms with Gasteiger partial charge >= 0.3 is 5.97 Å². The summed E-state index contributed by atoms with van der Waals surface area (Å²) in [5.41, 5.74) is 0. The van der Waals surface area contributed by atoms with E-state index in [9.17, 15) is 45.6 Å². The Morgan fingerprint density at radius 2 is 1.28 bits per heavy atom. The summed E-state index contributed by atoms with van der Waals surface area (Å²) in [5, 5.41) is 82.2. The lowest BCUT2D eigenvalue weighted by atomic mass is 9.96. The maximum absolute atomic E-state index is 11.9. The van der Waals surface area contributed by atoms with Crippen molar-refractivity contribution in [1.82, 2.24) is 0 Å². The fraction of sp³-hybridized carbons (Fsp3) is 0.957. The number of hydrogen-bond donors (Lipinski definition) is 8. The van der Waals surface area contributed by atoms with Crippen molar-refractivity contribution in [3.05, 3.63) is 0 Å². The van der Waals surface area contributed by atoms with E-state index in [4.69, 9.17) is 33.2 Å². The first-order chi connectivity index (χ1) is 18.4. The first-order valence-corrected chi connectivity index (χ1v) is 12.8. The van der Waals surface area contributed by atoms with Crippen LogP contribution in [0.3, 0.4) is 0 Å². The van der Waals surface area contributed by atoms with Crippen molar-refractivity contribution in [1.29, 1.82) is 0 Å². The molecule has 0 aromatic carbocycles. The Balaban J connectivity index is 1.92. The molecular formula is C23H40O16. The van der Waals surface area contributed by atoms with Crippen LogP contribution >= 0.6 is 0 Å². The van der Waals surface area contributed by atoms with Crippen molar-refractivity contribution in [2.75, 3.05) is 19.8 Å². The third-order valence-corrected chi connectivity index (χ3v) is 6.80. The molecule has 3 aliphatic heterocycles. The highest BCUT2D eigenvalue weighted by atomic mass is 16.8. The van der Waals surface area contributed by atoms with Gasteiger partial charge in [0.05, 0.1) is 19.3 Å². The number of aliphatic hydroxyl groups excluding tert-OH is 8. The molecule has 0 spiro atoms. The molecule has 3 aliphatic rings. The Hall–Kier alpha value is -1.09. The summed E-state index contributed by atoms with van der Waals surface area (Å²) in [6, 6.07) is 0. The van der Waals surface area contributed by atoms with Gasteiger partial charge in [0, 0.05) is 13.5 Å². The molecule has 0 aromatic rings. The first kappa shape index (κ1) is 32.4. The molecule has 3 rings (SSSR count). The number of ether oxygens (including phenoxy) is 7. The van der Waals surface area contributed by atoms with E-state index in [0.29, 0.717) is 6.42 Å². The van der Waals surface area contributed by atoms with Gasteiger partial charge in [-0.25, -0.2) is 0 Å². The van der Waals surface area contributed by atoms with Crippen LogP contribution in [0.5, 0.6) is 0 Å². The Morgan fingerprint density at radius 1 is 0.692 bits per heavy atom. The van der Waals surface area contributed by atoms with E-state index >= 15 is 0 Å². The Morgan fingerprint density at radius 3 is 1.87 bits per heavy atom. The van der Waals surface area contributed by atoms with Crippen molar-refractivity contribution in [2.45, 2.75) is 119 Å². The highest BCUT2D eigenvalue weighted by Gasteiger charge is 2.54. The maximum Gasteiger partial charge on any atom is 0.303 e. The highest BCUT2D eigenvalue weighted by molar-refractivity contribution is 5.66. The summed E-state index contributed by atoms with van der Waals surface area (Å²) in [6.45, 7) is 3.05. The van der Waals surface area contributed by atoms with E-state index in [2.05, 4.69) is 0 Å². The van der Waals surface area contributed by atoms with E-state index < -0.39 is 111 Å². The van der Waals surface area contributed by atoms with Gasteiger partial charge in [-0.15, -0.1) is 0 Å². The molecule has 0 amide bonds. The molecule has 16 heteroatoms. The largest absolute Gasteiger partial charge is 0.454 e. The fourth-order valence-electron chi connectivity index (χ4n) is 4.63. The standard InChI is InChI=1S/C23H40O16/c1-4-5-33-22-20(35-9(3)26)18(14(29)11(7-25)36-22)38-23-19(16(31)13(28)10(6-24)37-23)39-21-17(32)15(30)12(27)8(2)34-21/h8,10-25,27-32H,4-7H2,1-3H3/t8-,10+,11+,12+,13-,14-,15+,16-,17-,18-,19+,20+,21-,22+,23-/m0/s1. The molecule has 8 N–H and O–H groups in total. The van der Waals surface area contributed by atoms with Gasteiger partial charge in [-0.1, -0.05) is 6.92 Å². The number of carbonyl (C=O) groups excluding carboxylic acids is 1. The summed E-state index contributed by atoms with van der Waals surface area (Å²) in [6.07, 6.45) is -22.4. The second kappa shape index (κ2) is 14.2. The van der Waals surface area contributed by atoms with Gasteiger partial charge in [-0.3, -0.25) is 4.79 Å². The monoisotopic (exact) mass is 572 g/mol. The average molecular weight is 573 g/mol. The molecule has 0 radical (unpaired) electrons. The van der Waals surface area contributed by atoms with Crippen LogP contribution in [0.2, 0.25) is 0 Å². The molecule has 3 fully saturated rings. The maximum atomic E-state index is 11.9. The van der Waals surface area contributed by atoms with Crippen molar-refractivity contribution in [3.8, 4) is 0 Å². The van der Waals surface area contributed by atoms with Gasteiger partial charge in [0.15, 0.2) is 25.0 Å². The van der Waals surface area contributed by atoms with Gasteiger partial charge in [0.2, 0.25) is 0 Å². The second-order valence-electron chi connectivity index (χ2n) is 9.75. The van der Waals surface area contributed by atoms with Gasteiger partial charge < -0.3 is 74.0 Å². The summed E-state index contributed by atoms with van der Waals surface area (Å²) >= 11 is 0. The Labute approximate surface area is 224 Å². The SMILES string of the molecule is CCCO[C@@H]1O[C@H](CO)[C@H](O)[C@H](O[C@@H]2O[C@H](CO)[C@H](O)[C@H](O)[C@H]2O[C@@H]2O[C@@H](C)[C@@H](O)[C@@H](O)[C@@H]2O)[C@H]1OC(C)=O. The van der Waals surface area contributed by atoms with Crippen LogP contribution in [0.15, 0.2) is 0 Å². The van der Waals surface area contributed by atoms with Crippen molar-refractivity contribution < 1.29 is 78.8 Å². The smallest absolute Gasteiger partial charge is 0.303 e. The predicted octanol–water partition coefficient (Wildman–Crippen LogP) is -4.54. The highest BCUT2D eigenvalue weighted by Crippen LogP contribution is 2.34. The number of esters is 1. The average Bonchev–Trinajstić information content (AvgIpc) is 2.90. The zero-order valence-electron chi connectivity index (χ0n) is 21.8. The molecule has 39 heavy (non-hydrogen) atoms. The molecular weight excluding hydrogens is 532 g/mol. The van der Waals surface area contributed by atoms with Gasteiger partial charge in [-0.2, -0.15) is 0 Å². The van der Waals surface area contributed by atoms with Gasteiger partial charge in [0.25, 0.3) is 0 Å². The van der Waals surface area contributed by atoms with E-state index in [1.165, 1.54) is 6.92 Å². The second-order valence-corrected chi connectivity index (χ2v) is 9.75. The van der Waals surface area contributed by atoms with Crippen LogP contribution in [0, 0.1) is 0 Å². The quantitative estimate of drug-likeness (QED) is 0.115. The zero-order chi connectivity index (χ0) is 29.0. The first-order valence-electron chi connectivity index (χ1n) is 12.8. The molecule has 0 saturated carbocycles. The normalized spacial score (nSPS) is 47.1. The summed E-state index contributed by atoms with van der Waals surface area (Å²) in [4.78, 5) is 11.9. The molecule has 0 unspecified atom stereocenters. The van der Waals surface area contributed by atoms with E-state index in [-0.39, 0.29) is 6.61 Å². The van der Waals surface area contributed by atoms with Crippen LogP contribution in [0.1, 0.15) is 27.2 Å². The molecule has 0 aromatic heterocycles.